The zero-order chi connectivity index (χ0) is 6.69. The van der Waals surface area contributed by atoms with Crippen LogP contribution in [0.4, 0.5) is 0 Å². The number of hydrogen-bond acceptors (Lipinski definition) is 1. The van der Waals surface area contributed by atoms with Crippen molar-refractivity contribution in [3.05, 3.63) is 11.6 Å². The highest BCUT2D eigenvalue weighted by Crippen LogP contribution is 2.24. The van der Waals surface area contributed by atoms with Crippen LogP contribution in [0.3, 0.4) is 0 Å². The maximum Gasteiger partial charge on any atom is 0.155 e. The van der Waals surface area contributed by atoms with Gasteiger partial charge in [0, 0.05) is 6.42 Å². The standard InChI is InChI=1S/C8H12O/c1-2-8(9)6-7-4-3-5-7/h6H,2-5H2,1H3. The van der Waals surface area contributed by atoms with Crippen LogP contribution in [0.25, 0.3) is 0 Å². The van der Waals surface area contributed by atoms with E-state index in [4.69, 9.17) is 0 Å². The third-order valence-corrected chi connectivity index (χ3v) is 1.71. The molecular formula is C8H12O. The molecule has 0 spiro atoms. The van der Waals surface area contributed by atoms with Gasteiger partial charge in [-0.1, -0.05) is 12.5 Å². The maximum atomic E-state index is 10.7. The lowest BCUT2D eigenvalue weighted by Crippen LogP contribution is -2.00. The zero-order valence-corrected chi connectivity index (χ0v) is 5.81. The minimum Gasteiger partial charge on any atom is -0.295 e. The molecule has 50 valence electrons. The molecule has 1 aliphatic carbocycles. The Morgan fingerprint density at radius 3 is 2.67 bits per heavy atom. The zero-order valence-electron chi connectivity index (χ0n) is 5.81. The van der Waals surface area contributed by atoms with Crippen LogP contribution in [0.1, 0.15) is 32.6 Å². The molecule has 1 nitrogen and oxygen atoms in total. The molecule has 0 bridgehead atoms. The average molecular weight is 124 g/mol. The molecule has 1 fully saturated rings. The lowest BCUT2D eigenvalue weighted by Gasteiger charge is -2.14. The van der Waals surface area contributed by atoms with Crippen LogP contribution in [-0.2, 0) is 4.79 Å². The van der Waals surface area contributed by atoms with Crippen LogP contribution < -0.4 is 0 Å². The van der Waals surface area contributed by atoms with Crippen LogP contribution >= 0.6 is 0 Å². The van der Waals surface area contributed by atoms with Gasteiger partial charge in [-0.2, -0.15) is 0 Å². The summed E-state index contributed by atoms with van der Waals surface area (Å²) in [5.41, 5.74) is 1.35. The van der Waals surface area contributed by atoms with Crippen molar-refractivity contribution in [2.75, 3.05) is 0 Å². The van der Waals surface area contributed by atoms with Gasteiger partial charge in [0.05, 0.1) is 0 Å². The Kier molecular flexibility index (Phi) is 2.04. The number of ketones is 1. The summed E-state index contributed by atoms with van der Waals surface area (Å²) in [6.45, 7) is 1.90. The fraction of sp³-hybridized carbons (Fsp3) is 0.625. The minimum absolute atomic E-state index is 0.282. The minimum atomic E-state index is 0.282. The first kappa shape index (κ1) is 6.53. The highest BCUT2D eigenvalue weighted by Gasteiger charge is 2.08. The van der Waals surface area contributed by atoms with E-state index in [1.807, 2.05) is 13.0 Å². The summed E-state index contributed by atoms with van der Waals surface area (Å²) < 4.78 is 0. The van der Waals surface area contributed by atoms with Gasteiger partial charge in [-0.15, -0.1) is 0 Å². The lowest BCUT2D eigenvalue weighted by molar-refractivity contribution is -0.114. The van der Waals surface area contributed by atoms with E-state index in [2.05, 4.69) is 0 Å². The monoisotopic (exact) mass is 124 g/mol. The summed E-state index contributed by atoms with van der Waals surface area (Å²) in [5.74, 6) is 0.282. The fourth-order valence-corrected chi connectivity index (χ4v) is 0.855. The van der Waals surface area contributed by atoms with Gasteiger partial charge in [-0.3, -0.25) is 4.79 Å². The van der Waals surface area contributed by atoms with Crippen LogP contribution in [0, 0.1) is 0 Å². The molecule has 1 heteroatoms. The topological polar surface area (TPSA) is 17.1 Å². The van der Waals surface area contributed by atoms with Crippen LogP contribution in [0.2, 0.25) is 0 Å². The van der Waals surface area contributed by atoms with Crippen molar-refractivity contribution in [2.24, 2.45) is 0 Å². The molecule has 0 radical (unpaired) electrons. The van der Waals surface area contributed by atoms with Crippen molar-refractivity contribution in [1.82, 2.24) is 0 Å². The second kappa shape index (κ2) is 2.81. The van der Waals surface area contributed by atoms with E-state index in [0.717, 1.165) is 12.8 Å². The molecule has 1 aliphatic rings. The predicted octanol–water partition coefficient (Wildman–Crippen LogP) is 2.08. The second-order valence-electron chi connectivity index (χ2n) is 2.48. The smallest absolute Gasteiger partial charge is 0.155 e. The summed E-state index contributed by atoms with van der Waals surface area (Å²) in [6, 6.07) is 0. The number of carbonyl (C=O) groups is 1. The van der Waals surface area contributed by atoms with Crippen LogP contribution in [0.5, 0.6) is 0 Å². The number of hydrogen-bond donors (Lipinski definition) is 0. The molecule has 0 aliphatic heterocycles. The van der Waals surface area contributed by atoms with Crippen molar-refractivity contribution in [3.63, 3.8) is 0 Å². The van der Waals surface area contributed by atoms with Gasteiger partial charge in [0.15, 0.2) is 5.78 Å². The first-order valence-corrected chi connectivity index (χ1v) is 3.55. The molecule has 0 aromatic heterocycles. The van der Waals surface area contributed by atoms with E-state index in [1.54, 1.807) is 0 Å². The summed E-state index contributed by atoms with van der Waals surface area (Å²) >= 11 is 0. The fourth-order valence-electron chi connectivity index (χ4n) is 0.855. The van der Waals surface area contributed by atoms with Gasteiger partial charge in [0.2, 0.25) is 0 Å². The largest absolute Gasteiger partial charge is 0.295 e. The van der Waals surface area contributed by atoms with Gasteiger partial charge in [0.25, 0.3) is 0 Å². The quantitative estimate of drug-likeness (QED) is 0.515. The van der Waals surface area contributed by atoms with Crippen molar-refractivity contribution < 1.29 is 4.79 Å². The number of allylic oxidation sites excluding steroid dienone is 2. The van der Waals surface area contributed by atoms with Gasteiger partial charge in [-0.05, 0) is 25.3 Å². The second-order valence-corrected chi connectivity index (χ2v) is 2.48. The first-order chi connectivity index (χ1) is 4.33. The molecule has 0 saturated heterocycles. The van der Waals surface area contributed by atoms with E-state index in [-0.39, 0.29) is 5.78 Å². The van der Waals surface area contributed by atoms with E-state index in [1.165, 1.54) is 12.0 Å². The molecule has 0 N–H and O–H groups in total. The number of rotatable bonds is 2. The molecule has 0 aromatic carbocycles. The highest BCUT2D eigenvalue weighted by molar-refractivity contribution is 5.90. The van der Waals surface area contributed by atoms with E-state index in [9.17, 15) is 4.79 Å². The van der Waals surface area contributed by atoms with E-state index >= 15 is 0 Å². The number of carbonyl (C=O) groups excluding carboxylic acids is 1. The predicted molar refractivity (Wildman–Crippen MR) is 37.2 cm³/mol. The molecule has 9 heavy (non-hydrogen) atoms. The molecule has 0 heterocycles. The van der Waals surface area contributed by atoms with Crippen molar-refractivity contribution in [3.8, 4) is 0 Å². The summed E-state index contributed by atoms with van der Waals surface area (Å²) in [6.07, 6.45) is 6.06. The van der Waals surface area contributed by atoms with Gasteiger partial charge < -0.3 is 0 Å². The van der Waals surface area contributed by atoms with Gasteiger partial charge in [-0.25, -0.2) is 0 Å². The Morgan fingerprint density at radius 2 is 2.33 bits per heavy atom. The maximum absolute atomic E-state index is 10.7. The molecule has 0 atom stereocenters. The summed E-state index contributed by atoms with van der Waals surface area (Å²) in [4.78, 5) is 10.7. The van der Waals surface area contributed by atoms with Crippen LogP contribution in [-0.4, -0.2) is 5.78 Å². The molecular weight excluding hydrogens is 112 g/mol. The van der Waals surface area contributed by atoms with Crippen LogP contribution in [0.15, 0.2) is 11.6 Å². The lowest BCUT2D eigenvalue weighted by atomic mass is 9.91. The third kappa shape index (κ3) is 1.67. The SMILES string of the molecule is CCC(=O)C=C1CCC1. The normalized spacial score (nSPS) is 16.8. The Morgan fingerprint density at radius 1 is 1.67 bits per heavy atom. The Balaban J connectivity index is 2.37. The van der Waals surface area contributed by atoms with Crippen molar-refractivity contribution >= 4 is 5.78 Å². The van der Waals surface area contributed by atoms with Gasteiger partial charge in [0.1, 0.15) is 0 Å². The average Bonchev–Trinajstić information content (AvgIpc) is 1.78. The third-order valence-electron chi connectivity index (χ3n) is 1.71. The Labute approximate surface area is 55.8 Å². The Bertz CT molecular complexity index is 139. The first-order valence-electron chi connectivity index (χ1n) is 3.55. The van der Waals surface area contributed by atoms with Crippen molar-refractivity contribution in [2.45, 2.75) is 32.6 Å². The molecule has 1 rings (SSSR count). The van der Waals surface area contributed by atoms with E-state index in [0.29, 0.717) is 6.42 Å². The van der Waals surface area contributed by atoms with Gasteiger partial charge >= 0.3 is 0 Å². The summed E-state index contributed by atoms with van der Waals surface area (Å²) in [5, 5.41) is 0. The molecule has 0 aromatic rings. The molecule has 1 saturated carbocycles. The Hall–Kier alpha value is -0.590. The van der Waals surface area contributed by atoms with E-state index < -0.39 is 0 Å². The van der Waals surface area contributed by atoms with Crippen molar-refractivity contribution in [1.29, 1.82) is 0 Å². The highest BCUT2D eigenvalue weighted by atomic mass is 16.1. The molecule has 0 unspecified atom stereocenters. The molecule has 0 amide bonds. The summed E-state index contributed by atoms with van der Waals surface area (Å²) in [7, 11) is 0.